The van der Waals surface area contributed by atoms with Crippen LogP contribution >= 0.6 is 0 Å². The van der Waals surface area contributed by atoms with Crippen LogP contribution in [0, 0.1) is 6.92 Å². The van der Waals surface area contributed by atoms with Gasteiger partial charge in [-0.05, 0) is 36.8 Å². The quantitative estimate of drug-likeness (QED) is 0.728. The van der Waals surface area contributed by atoms with Crippen molar-refractivity contribution in [2.24, 2.45) is 0 Å². The molecule has 0 saturated carbocycles. The Bertz CT molecular complexity index is 653. The van der Waals surface area contributed by atoms with Crippen LogP contribution in [0.25, 0.3) is 0 Å². The first-order valence-corrected chi connectivity index (χ1v) is 6.03. The predicted molar refractivity (Wildman–Crippen MR) is 74.2 cm³/mol. The molecule has 0 spiro atoms. The van der Waals surface area contributed by atoms with E-state index in [0.29, 0.717) is 5.56 Å². The summed E-state index contributed by atoms with van der Waals surface area (Å²) < 4.78 is 0. The van der Waals surface area contributed by atoms with Crippen molar-refractivity contribution in [3.63, 3.8) is 0 Å². The van der Waals surface area contributed by atoms with Gasteiger partial charge >= 0.3 is 0 Å². The minimum Gasteiger partial charge on any atom is -0.508 e. The number of hydrogen-bond acceptors (Lipinski definition) is 3. The maximum Gasteiger partial charge on any atom is 0.269 e. The van der Waals surface area contributed by atoms with Crippen LogP contribution in [0.15, 0.2) is 48.5 Å². The highest BCUT2D eigenvalue weighted by Gasteiger charge is 2.10. The SMILES string of the molecule is Cc1ccccc1C(=O)NNC(=O)c1cccc(O)c1. The Kier molecular flexibility index (Phi) is 4.00. The van der Waals surface area contributed by atoms with Gasteiger partial charge in [0.15, 0.2) is 0 Å². The Hall–Kier alpha value is -2.82. The Labute approximate surface area is 116 Å². The second-order valence-corrected chi connectivity index (χ2v) is 4.27. The van der Waals surface area contributed by atoms with Gasteiger partial charge in [0, 0.05) is 11.1 Å². The standard InChI is InChI=1S/C15H14N2O3/c1-10-5-2-3-8-13(10)15(20)17-16-14(19)11-6-4-7-12(18)9-11/h2-9,18H,1H3,(H,16,19)(H,17,20). The van der Waals surface area contributed by atoms with Crippen molar-refractivity contribution in [1.29, 1.82) is 0 Å². The normalized spacial score (nSPS) is 9.85. The van der Waals surface area contributed by atoms with Crippen molar-refractivity contribution in [1.82, 2.24) is 10.9 Å². The number of hydrazine groups is 1. The molecule has 0 radical (unpaired) electrons. The second-order valence-electron chi connectivity index (χ2n) is 4.27. The number of phenols is 1. The minimum absolute atomic E-state index is 0.0112. The fourth-order valence-electron chi connectivity index (χ4n) is 1.73. The highest BCUT2D eigenvalue weighted by atomic mass is 16.3. The Morgan fingerprint density at radius 3 is 2.35 bits per heavy atom. The van der Waals surface area contributed by atoms with E-state index in [0.717, 1.165) is 5.56 Å². The molecule has 2 amide bonds. The van der Waals surface area contributed by atoms with Crippen LogP contribution in [0.1, 0.15) is 26.3 Å². The van der Waals surface area contributed by atoms with Crippen LogP contribution in [-0.2, 0) is 0 Å². The van der Waals surface area contributed by atoms with Gasteiger partial charge in [-0.15, -0.1) is 0 Å². The van der Waals surface area contributed by atoms with Gasteiger partial charge in [0.25, 0.3) is 11.8 Å². The molecule has 20 heavy (non-hydrogen) atoms. The third kappa shape index (κ3) is 3.14. The number of aromatic hydroxyl groups is 1. The molecule has 0 bridgehead atoms. The zero-order valence-electron chi connectivity index (χ0n) is 10.9. The lowest BCUT2D eigenvalue weighted by atomic mass is 10.1. The molecule has 2 aromatic rings. The number of amides is 2. The van der Waals surface area contributed by atoms with Gasteiger partial charge < -0.3 is 5.11 Å². The van der Waals surface area contributed by atoms with Crippen LogP contribution in [0.3, 0.4) is 0 Å². The number of carbonyl (C=O) groups is 2. The molecular formula is C15H14N2O3. The Morgan fingerprint density at radius 1 is 0.950 bits per heavy atom. The molecule has 102 valence electrons. The number of rotatable bonds is 2. The number of carbonyl (C=O) groups excluding carboxylic acids is 2. The van der Waals surface area contributed by atoms with Crippen LogP contribution in [0.5, 0.6) is 5.75 Å². The van der Waals surface area contributed by atoms with Crippen molar-refractivity contribution in [2.45, 2.75) is 6.92 Å². The topological polar surface area (TPSA) is 78.4 Å². The summed E-state index contributed by atoms with van der Waals surface area (Å²) in [6, 6.07) is 12.9. The smallest absolute Gasteiger partial charge is 0.269 e. The molecule has 2 rings (SSSR count). The number of benzene rings is 2. The summed E-state index contributed by atoms with van der Waals surface area (Å²) in [7, 11) is 0. The lowest BCUT2D eigenvalue weighted by Crippen LogP contribution is -2.41. The molecular weight excluding hydrogens is 256 g/mol. The summed E-state index contributed by atoms with van der Waals surface area (Å²) in [5.41, 5.74) is 6.20. The molecule has 0 aromatic heterocycles. The van der Waals surface area contributed by atoms with Crippen LogP contribution in [0.4, 0.5) is 0 Å². The van der Waals surface area contributed by atoms with Gasteiger partial charge in [-0.2, -0.15) is 0 Å². The average Bonchev–Trinajstić information content (AvgIpc) is 2.45. The number of phenolic OH excluding ortho intramolecular Hbond substituents is 1. The molecule has 0 unspecified atom stereocenters. The van der Waals surface area contributed by atoms with Gasteiger partial charge in [0.05, 0.1) is 0 Å². The second kappa shape index (κ2) is 5.88. The fourth-order valence-corrected chi connectivity index (χ4v) is 1.73. The maximum absolute atomic E-state index is 11.9. The van der Waals surface area contributed by atoms with E-state index in [4.69, 9.17) is 0 Å². The van der Waals surface area contributed by atoms with Crippen molar-refractivity contribution >= 4 is 11.8 Å². The van der Waals surface area contributed by atoms with Gasteiger partial charge in [0.1, 0.15) is 5.75 Å². The molecule has 0 aliphatic rings. The Morgan fingerprint density at radius 2 is 1.65 bits per heavy atom. The third-order valence-corrected chi connectivity index (χ3v) is 2.79. The fraction of sp³-hybridized carbons (Fsp3) is 0.0667. The van der Waals surface area contributed by atoms with Crippen molar-refractivity contribution in [3.05, 3.63) is 65.2 Å². The van der Waals surface area contributed by atoms with Crippen molar-refractivity contribution in [3.8, 4) is 5.75 Å². The van der Waals surface area contributed by atoms with E-state index in [-0.39, 0.29) is 11.3 Å². The zero-order valence-corrected chi connectivity index (χ0v) is 10.9. The number of hydrogen-bond donors (Lipinski definition) is 3. The lowest BCUT2D eigenvalue weighted by Gasteiger charge is -2.09. The van der Waals surface area contributed by atoms with E-state index in [1.807, 2.05) is 19.1 Å². The summed E-state index contributed by atoms with van der Waals surface area (Å²) in [5.74, 6) is -0.901. The molecule has 0 aliphatic heterocycles. The van der Waals surface area contributed by atoms with E-state index >= 15 is 0 Å². The molecule has 2 aromatic carbocycles. The molecule has 0 heterocycles. The average molecular weight is 270 g/mol. The minimum atomic E-state index is -0.497. The Balaban J connectivity index is 2.01. The van der Waals surface area contributed by atoms with E-state index in [1.54, 1.807) is 18.2 Å². The van der Waals surface area contributed by atoms with Crippen molar-refractivity contribution in [2.75, 3.05) is 0 Å². The van der Waals surface area contributed by atoms with E-state index < -0.39 is 11.8 Å². The monoisotopic (exact) mass is 270 g/mol. The van der Waals surface area contributed by atoms with E-state index in [2.05, 4.69) is 10.9 Å². The van der Waals surface area contributed by atoms with Gasteiger partial charge in [0.2, 0.25) is 0 Å². The third-order valence-electron chi connectivity index (χ3n) is 2.79. The summed E-state index contributed by atoms with van der Waals surface area (Å²) in [4.78, 5) is 23.7. The van der Waals surface area contributed by atoms with Crippen molar-refractivity contribution < 1.29 is 14.7 Å². The molecule has 5 nitrogen and oxygen atoms in total. The first-order valence-electron chi connectivity index (χ1n) is 6.03. The van der Waals surface area contributed by atoms with E-state index in [1.165, 1.54) is 18.2 Å². The van der Waals surface area contributed by atoms with Gasteiger partial charge in [-0.3, -0.25) is 20.4 Å². The predicted octanol–water partition coefficient (Wildman–Crippen LogP) is 1.78. The summed E-state index contributed by atoms with van der Waals surface area (Å²) in [5, 5.41) is 9.29. The molecule has 0 saturated heterocycles. The first kappa shape index (κ1) is 13.6. The zero-order chi connectivity index (χ0) is 14.5. The van der Waals surface area contributed by atoms with Gasteiger partial charge in [-0.1, -0.05) is 24.3 Å². The molecule has 0 atom stereocenters. The molecule has 0 aliphatic carbocycles. The molecule has 0 fully saturated rings. The van der Waals surface area contributed by atoms with Crippen LogP contribution in [0.2, 0.25) is 0 Å². The van der Waals surface area contributed by atoms with Crippen LogP contribution in [-0.4, -0.2) is 16.9 Å². The van der Waals surface area contributed by atoms with E-state index in [9.17, 15) is 14.7 Å². The summed E-state index contributed by atoms with van der Waals surface area (Å²) in [6.07, 6.45) is 0. The number of nitrogens with one attached hydrogen (secondary N) is 2. The van der Waals surface area contributed by atoms with Gasteiger partial charge in [-0.25, -0.2) is 0 Å². The molecule has 3 N–H and O–H groups in total. The summed E-state index contributed by atoms with van der Waals surface area (Å²) in [6.45, 7) is 1.81. The largest absolute Gasteiger partial charge is 0.508 e. The summed E-state index contributed by atoms with van der Waals surface area (Å²) >= 11 is 0. The maximum atomic E-state index is 11.9. The highest BCUT2D eigenvalue weighted by molar-refractivity contribution is 5.99. The van der Waals surface area contributed by atoms with Crippen LogP contribution < -0.4 is 10.9 Å². The number of aryl methyl sites for hydroxylation is 1. The highest BCUT2D eigenvalue weighted by Crippen LogP contribution is 2.10. The molecule has 5 heteroatoms. The first-order chi connectivity index (χ1) is 9.58. The lowest BCUT2D eigenvalue weighted by molar-refractivity contribution is 0.0846.